The van der Waals surface area contributed by atoms with Crippen LogP contribution in [0, 0.1) is 6.92 Å². The second-order valence-corrected chi connectivity index (χ2v) is 7.81. The van der Waals surface area contributed by atoms with Crippen molar-refractivity contribution in [3.05, 3.63) is 51.5 Å². The Hall–Kier alpha value is -1.00. The predicted octanol–water partition coefficient (Wildman–Crippen LogP) is 4.07. The summed E-state index contributed by atoms with van der Waals surface area (Å²) in [5, 5.41) is 0. The van der Waals surface area contributed by atoms with Crippen molar-refractivity contribution in [2.24, 2.45) is 0 Å². The fourth-order valence-electron chi connectivity index (χ4n) is 2.03. The van der Waals surface area contributed by atoms with E-state index in [4.69, 9.17) is 0 Å². The van der Waals surface area contributed by atoms with Crippen LogP contribution < -0.4 is 0 Å². The van der Waals surface area contributed by atoms with Gasteiger partial charge in [-0.05, 0) is 30.4 Å². The van der Waals surface area contributed by atoms with E-state index in [1.807, 2.05) is 12.4 Å². The molecule has 0 aliphatic heterocycles. The van der Waals surface area contributed by atoms with Crippen LogP contribution >= 0.6 is 11.3 Å². The van der Waals surface area contributed by atoms with E-state index in [2.05, 4.69) is 43.1 Å². The van der Waals surface area contributed by atoms with E-state index >= 15 is 0 Å². The van der Waals surface area contributed by atoms with Gasteiger partial charge in [0.1, 0.15) is 0 Å². The van der Waals surface area contributed by atoms with Crippen molar-refractivity contribution < 1.29 is 4.21 Å². The van der Waals surface area contributed by atoms with Crippen LogP contribution in [0.4, 0.5) is 0 Å². The molecule has 0 spiro atoms. The average molecular weight is 307 g/mol. The zero-order valence-electron chi connectivity index (χ0n) is 12.3. The van der Waals surface area contributed by atoms with Crippen molar-refractivity contribution in [3.8, 4) is 0 Å². The highest BCUT2D eigenvalue weighted by molar-refractivity contribution is 7.84. The van der Waals surface area contributed by atoms with E-state index in [9.17, 15) is 4.21 Å². The van der Waals surface area contributed by atoms with Crippen molar-refractivity contribution in [1.29, 1.82) is 0 Å². The third kappa shape index (κ3) is 4.25. The zero-order chi connectivity index (χ0) is 14.5. The first-order valence-corrected chi connectivity index (χ1v) is 9.26. The SMILES string of the molecule is Cc1ncsc1CCS(=O)Cc1ccc(C(C)C)cc1. The van der Waals surface area contributed by atoms with Gasteiger partial charge in [0.05, 0.1) is 11.2 Å². The molecule has 1 heterocycles. The van der Waals surface area contributed by atoms with Gasteiger partial charge < -0.3 is 0 Å². The summed E-state index contributed by atoms with van der Waals surface area (Å²) in [6, 6.07) is 8.49. The highest BCUT2D eigenvalue weighted by atomic mass is 32.2. The summed E-state index contributed by atoms with van der Waals surface area (Å²) in [7, 11) is -0.802. The third-order valence-electron chi connectivity index (χ3n) is 3.38. The molecule has 0 radical (unpaired) electrons. The molecule has 1 atom stereocenters. The fourth-order valence-corrected chi connectivity index (χ4v) is 4.08. The Morgan fingerprint density at radius 2 is 1.95 bits per heavy atom. The van der Waals surface area contributed by atoms with Crippen molar-refractivity contribution in [2.75, 3.05) is 5.75 Å². The van der Waals surface area contributed by atoms with Gasteiger partial charge in [-0.25, -0.2) is 4.98 Å². The molecule has 0 N–H and O–H groups in total. The maximum Gasteiger partial charge on any atom is 0.0797 e. The first-order chi connectivity index (χ1) is 9.56. The van der Waals surface area contributed by atoms with E-state index < -0.39 is 10.8 Å². The first-order valence-electron chi connectivity index (χ1n) is 6.89. The molecule has 2 rings (SSSR count). The summed E-state index contributed by atoms with van der Waals surface area (Å²) in [5.74, 6) is 1.91. The lowest BCUT2D eigenvalue weighted by atomic mass is 10.0. The smallest absolute Gasteiger partial charge is 0.0797 e. The number of aromatic nitrogens is 1. The normalized spacial score (nSPS) is 12.8. The monoisotopic (exact) mass is 307 g/mol. The Balaban J connectivity index is 1.86. The highest BCUT2D eigenvalue weighted by Gasteiger charge is 2.07. The molecule has 0 aliphatic rings. The molecule has 0 bridgehead atoms. The van der Waals surface area contributed by atoms with E-state index in [0.29, 0.717) is 11.7 Å². The number of thiazole rings is 1. The van der Waals surface area contributed by atoms with Gasteiger partial charge in [0, 0.05) is 27.2 Å². The standard InChI is InChI=1S/C16H21NOS2/c1-12(2)15-6-4-14(5-7-15)10-20(18)9-8-16-13(3)17-11-19-16/h4-7,11-12H,8-10H2,1-3H3. The molecule has 0 amide bonds. The molecule has 1 unspecified atom stereocenters. The minimum atomic E-state index is -0.802. The van der Waals surface area contributed by atoms with Crippen LogP contribution in [0.3, 0.4) is 0 Å². The number of benzene rings is 1. The van der Waals surface area contributed by atoms with Crippen LogP contribution in [-0.4, -0.2) is 14.9 Å². The van der Waals surface area contributed by atoms with Crippen LogP contribution in [-0.2, 0) is 23.0 Å². The van der Waals surface area contributed by atoms with Crippen LogP contribution in [0.25, 0.3) is 0 Å². The second-order valence-electron chi connectivity index (χ2n) is 5.30. The van der Waals surface area contributed by atoms with Gasteiger partial charge in [0.25, 0.3) is 0 Å². The Morgan fingerprint density at radius 3 is 2.50 bits per heavy atom. The average Bonchev–Trinajstić information content (AvgIpc) is 2.82. The Kier molecular flexibility index (Phi) is 5.49. The third-order valence-corrected chi connectivity index (χ3v) is 5.69. The maximum absolute atomic E-state index is 12.1. The second kappa shape index (κ2) is 7.14. The number of nitrogens with zero attached hydrogens (tertiary/aromatic N) is 1. The molecule has 1 aromatic carbocycles. The van der Waals surface area contributed by atoms with Gasteiger partial charge in [-0.15, -0.1) is 11.3 Å². The summed E-state index contributed by atoms with van der Waals surface area (Å²) in [4.78, 5) is 5.48. The van der Waals surface area contributed by atoms with E-state index in [1.54, 1.807) is 11.3 Å². The lowest BCUT2D eigenvalue weighted by Crippen LogP contribution is -2.04. The minimum absolute atomic E-state index is 0.545. The number of rotatable bonds is 6. The molecule has 1 aromatic heterocycles. The van der Waals surface area contributed by atoms with Gasteiger partial charge in [-0.2, -0.15) is 0 Å². The molecule has 0 saturated carbocycles. The quantitative estimate of drug-likeness (QED) is 0.805. The Bertz CT molecular complexity index is 572. The van der Waals surface area contributed by atoms with Crippen molar-refractivity contribution in [3.63, 3.8) is 0 Å². The molecule has 2 aromatic rings. The molecular weight excluding hydrogens is 286 g/mol. The summed E-state index contributed by atoms with van der Waals surface area (Å²) >= 11 is 1.66. The van der Waals surface area contributed by atoms with Crippen LogP contribution in [0.15, 0.2) is 29.8 Å². The molecule has 20 heavy (non-hydrogen) atoms. The minimum Gasteiger partial charge on any atom is -0.259 e. The molecule has 108 valence electrons. The predicted molar refractivity (Wildman–Crippen MR) is 87.8 cm³/mol. The first kappa shape index (κ1) is 15.4. The highest BCUT2D eigenvalue weighted by Crippen LogP contribution is 2.17. The lowest BCUT2D eigenvalue weighted by Gasteiger charge is -2.07. The number of hydrogen-bond acceptors (Lipinski definition) is 3. The summed E-state index contributed by atoms with van der Waals surface area (Å²) in [6.45, 7) is 6.38. The fraction of sp³-hybridized carbons (Fsp3) is 0.438. The van der Waals surface area contributed by atoms with Crippen LogP contribution in [0.5, 0.6) is 0 Å². The van der Waals surface area contributed by atoms with Crippen molar-refractivity contribution >= 4 is 22.1 Å². The molecule has 0 saturated heterocycles. The van der Waals surface area contributed by atoms with E-state index in [1.165, 1.54) is 10.4 Å². The number of hydrogen-bond donors (Lipinski definition) is 0. The van der Waals surface area contributed by atoms with Gasteiger partial charge in [-0.1, -0.05) is 38.1 Å². The van der Waals surface area contributed by atoms with Gasteiger partial charge in [0.15, 0.2) is 0 Å². The molecule has 0 aliphatic carbocycles. The maximum atomic E-state index is 12.1. The van der Waals surface area contributed by atoms with Crippen LogP contribution in [0.2, 0.25) is 0 Å². The van der Waals surface area contributed by atoms with E-state index in [-0.39, 0.29) is 0 Å². The number of aryl methyl sites for hydroxylation is 2. The largest absolute Gasteiger partial charge is 0.259 e. The molecule has 2 nitrogen and oxygen atoms in total. The summed E-state index contributed by atoms with van der Waals surface area (Å²) in [5.41, 5.74) is 5.43. The topological polar surface area (TPSA) is 30.0 Å². The Morgan fingerprint density at radius 1 is 1.25 bits per heavy atom. The summed E-state index contributed by atoms with van der Waals surface area (Å²) < 4.78 is 12.1. The van der Waals surface area contributed by atoms with Gasteiger partial charge >= 0.3 is 0 Å². The van der Waals surface area contributed by atoms with E-state index in [0.717, 1.165) is 23.4 Å². The molecular formula is C16H21NOS2. The zero-order valence-corrected chi connectivity index (χ0v) is 13.9. The van der Waals surface area contributed by atoms with Crippen LogP contribution in [0.1, 0.15) is 41.5 Å². The summed E-state index contributed by atoms with van der Waals surface area (Å²) in [6.07, 6.45) is 0.868. The van der Waals surface area contributed by atoms with Gasteiger partial charge in [0.2, 0.25) is 0 Å². The molecule has 4 heteroatoms. The molecule has 0 fully saturated rings. The Labute approximate surface area is 127 Å². The van der Waals surface area contributed by atoms with Gasteiger partial charge in [-0.3, -0.25) is 4.21 Å². The van der Waals surface area contributed by atoms with Crippen molar-refractivity contribution in [1.82, 2.24) is 4.98 Å². The van der Waals surface area contributed by atoms with Crippen molar-refractivity contribution in [2.45, 2.75) is 38.9 Å². The lowest BCUT2D eigenvalue weighted by molar-refractivity contribution is 0.682.